The zero-order valence-corrected chi connectivity index (χ0v) is 52.1. The average molecular weight is 1150 g/mol. The van der Waals surface area contributed by atoms with Crippen molar-refractivity contribution in [2.45, 2.75) is 314 Å². The van der Waals surface area contributed by atoms with Gasteiger partial charge in [0.05, 0.1) is 25.4 Å². The summed E-state index contributed by atoms with van der Waals surface area (Å²) in [7, 11) is 0. The van der Waals surface area contributed by atoms with Crippen molar-refractivity contribution in [1.29, 1.82) is 0 Å². The maximum atomic E-state index is 13.4. The molecule has 0 radical (unpaired) electrons. The molecule has 0 bridgehead atoms. The maximum absolute atomic E-state index is 13.4. The average Bonchev–Trinajstić information content (AvgIpc) is 3.68. The monoisotopic (exact) mass is 1150 g/mol. The van der Waals surface area contributed by atoms with E-state index in [4.69, 9.17) is 14.2 Å². The summed E-state index contributed by atoms with van der Waals surface area (Å²) in [6, 6.07) is -1.06. The van der Waals surface area contributed by atoms with E-state index in [1.807, 2.05) is 18.2 Å². The van der Waals surface area contributed by atoms with Crippen LogP contribution in [0.1, 0.15) is 265 Å². The fourth-order valence-corrected chi connectivity index (χ4v) is 9.69. The summed E-state index contributed by atoms with van der Waals surface area (Å²) >= 11 is 0. The number of rotatable bonds is 55. The van der Waals surface area contributed by atoms with E-state index in [0.29, 0.717) is 12.8 Å². The minimum absolute atomic E-state index is 0.109. The van der Waals surface area contributed by atoms with Gasteiger partial charge < -0.3 is 45.1 Å². The van der Waals surface area contributed by atoms with Gasteiger partial charge in [0.1, 0.15) is 24.4 Å². The highest BCUT2D eigenvalue weighted by atomic mass is 16.7. The van der Waals surface area contributed by atoms with E-state index >= 15 is 0 Å². The van der Waals surface area contributed by atoms with E-state index in [1.54, 1.807) is 6.08 Å². The number of ether oxygens (including phenoxy) is 3. The fraction of sp³-hybridized carbons (Fsp3) is 0.718. The van der Waals surface area contributed by atoms with Crippen molar-refractivity contribution in [3.63, 3.8) is 0 Å². The standard InChI is InChI=1S/C71H121NO10/c1-4-7-10-13-16-19-22-25-27-29-30-31-32-33-34-35-36-37-39-41-44-47-50-53-56-59-66(76)82-69-68(78)67(77)65(60-73)81-71(69)80-61-62(63(74)57-54-51-48-45-42-24-21-18-15-12-9-6-3)72-70(79)64(75)58-55-52-49-46-43-40-38-28-26-23-20-17-14-11-8-5-2/h8,11,16-17,19-20,25-28,30-31,40,43,49,52,54,57,62-65,67-69,71,73-75,77-78H,4-7,9-10,12-15,18,21-24,29,32-39,41-42,44-48,50-51,53,55-56,58-61H2,1-3H3,(H,72,79)/b11-8-,19-16-,20-17-,27-25-,28-26-,31-30-,43-40-,52-49-,57-54+. The van der Waals surface area contributed by atoms with Gasteiger partial charge in [0.15, 0.2) is 12.4 Å². The number of nitrogens with one attached hydrogen (secondary N) is 1. The zero-order chi connectivity index (χ0) is 59.6. The zero-order valence-electron chi connectivity index (χ0n) is 52.1. The van der Waals surface area contributed by atoms with Crippen LogP contribution < -0.4 is 5.32 Å². The molecule has 0 aromatic heterocycles. The van der Waals surface area contributed by atoms with E-state index in [1.165, 1.54) is 122 Å². The van der Waals surface area contributed by atoms with Gasteiger partial charge in [-0.05, 0) is 103 Å². The predicted molar refractivity (Wildman–Crippen MR) is 342 cm³/mol. The van der Waals surface area contributed by atoms with Crippen LogP contribution in [-0.4, -0.2) is 99.6 Å². The number of carbonyl (C=O) groups excluding carboxylic acids is 2. The largest absolute Gasteiger partial charge is 0.454 e. The molecule has 0 spiro atoms. The highest BCUT2D eigenvalue weighted by Gasteiger charge is 2.47. The lowest BCUT2D eigenvalue weighted by molar-refractivity contribution is -0.305. The third-order valence-corrected chi connectivity index (χ3v) is 14.9. The van der Waals surface area contributed by atoms with E-state index < -0.39 is 67.4 Å². The molecule has 1 rings (SSSR count). The first-order valence-electron chi connectivity index (χ1n) is 33.2. The summed E-state index contributed by atoms with van der Waals surface area (Å²) in [6.07, 6.45) is 68.5. The Kier molecular flexibility index (Phi) is 53.7. The lowest BCUT2D eigenvalue weighted by Gasteiger charge is -2.41. The van der Waals surface area contributed by atoms with Gasteiger partial charge in [-0.1, -0.05) is 265 Å². The SMILES string of the molecule is CC/C=C\C/C=C\C/C=C\C/C=C\C/C=C\CCC(O)C(=O)NC(COC1OC(CO)C(O)C(O)C1OC(=O)CCCCCCCCCCCCCC/C=C\C/C=C\C/C=C\CCCCC)C(O)/C=C/CCCCCCCCCCCC. The first-order valence-corrected chi connectivity index (χ1v) is 33.2. The number of amides is 1. The molecule has 8 unspecified atom stereocenters. The van der Waals surface area contributed by atoms with Gasteiger partial charge in [-0.3, -0.25) is 9.59 Å². The molecule has 0 aromatic rings. The van der Waals surface area contributed by atoms with Gasteiger partial charge >= 0.3 is 5.97 Å². The molecule has 1 fully saturated rings. The van der Waals surface area contributed by atoms with E-state index in [0.717, 1.165) is 96.3 Å². The topological polar surface area (TPSA) is 175 Å². The van der Waals surface area contributed by atoms with Crippen LogP contribution in [0.25, 0.3) is 0 Å². The van der Waals surface area contributed by atoms with Gasteiger partial charge in [0.25, 0.3) is 0 Å². The Bertz CT molecular complexity index is 1750. The molecule has 1 amide bonds. The molecule has 1 heterocycles. The third kappa shape index (κ3) is 44.8. The molecule has 8 atom stereocenters. The van der Waals surface area contributed by atoms with E-state index in [-0.39, 0.29) is 19.4 Å². The van der Waals surface area contributed by atoms with Crippen LogP contribution in [0.15, 0.2) is 109 Å². The molecule has 0 aliphatic carbocycles. The van der Waals surface area contributed by atoms with Crippen LogP contribution in [0.4, 0.5) is 0 Å². The second kappa shape index (κ2) is 57.7. The maximum Gasteiger partial charge on any atom is 0.306 e. The van der Waals surface area contributed by atoms with E-state index in [9.17, 15) is 35.1 Å². The van der Waals surface area contributed by atoms with Gasteiger partial charge in [0, 0.05) is 6.42 Å². The Morgan fingerprint density at radius 3 is 1.34 bits per heavy atom. The molecule has 0 saturated carbocycles. The Balaban J connectivity index is 2.63. The Morgan fingerprint density at radius 1 is 0.488 bits per heavy atom. The highest BCUT2D eigenvalue weighted by molar-refractivity contribution is 5.80. The van der Waals surface area contributed by atoms with E-state index in [2.05, 4.69) is 111 Å². The third-order valence-electron chi connectivity index (χ3n) is 14.9. The molecule has 11 nitrogen and oxygen atoms in total. The number of aliphatic hydroxyl groups excluding tert-OH is 5. The number of allylic oxidation sites excluding steroid dienone is 17. The van der Waals surface area contributed by atoms with Crippen LogP contribution in [0.5, 0.6) is 0 Å². The van der Waals surface area contributed by atoms with Crippen molar-refractivity contribution in [2.75, 3.05) is 13.2 Å². The summed E-state index contributed by atoms with van der Waals surface area (Å²) in [5.74, 6) is -1.26. The van der Waals surface area contributed by atoms with Crippen molar-refractivity contribution in [3.05, 3.63) is 109 Å². The van der Waals surface area contributed by atoms with Crippen molar-refractivity contribution in [2.24, 2.45) is 0 Å². The summed E-state index contributed by atoms with van der Waals surface area (Å²) in [6.45, 7) is 5.61. The second-order valence-corrected chi connectivity index (χ2v) is 22.5. The first-order chi connectivity index (χ1) is 40.2. The summed E-state index contributed by atoms with van der Waals surface area (Å²) < 4.78 is 17.6. The summed E-state index contributed by atoms with van der Waals surface area (Å²) in [5.41, 5.74) is 0. The molecule has 470 valence electrons. The molecule has 1 saturated heterocycles. The van der Waals surface area contributed by atoms with Crippen LogP contribution in [0, 0.1) is 0 Å². The summed E-state index contributed by atoms with van der Waals surface area (Å²) in [4.78, 5) is 26.6. The van der Waals surface area contributed by atoms with Crippen LogP contribution in [-0.2, 0) is 23.8 Å². The first kappa shape index (κ1) is 76.3. The van der Waals surface area contributed by atoms with Crippen molar-refractivity contribution >= 4 is 11.9 Å². The van der Waals surface area contributed by atoms with Crippen molar-refractivity contribution in [3.8, 4) is 0 Å². The molecule has 0 aromatic carbocycles. The van der Waals surface area contributed by atoms with Gasteiger partial charge in [-0.2, -0.15) is 0 Å². The number of hydrogen-bond acceptors (Lipinski definition) is 10. The smallest absolute Gasteiger partial charge is 0.306 e. The van der Waals surface area contributed by atoms with Gasteiger partial charge in [-0.25, -0.2) is 0 Å². The minimum atomic E-state index is -1.63. The number of carbonyl (C=O) groups is 2. The normalized spacial score (nSPS) is 19.3. The fourth-order valence-electron chi connectivity index (χ4n) is 9.69. The lowest BCUT2D eigenvalue weighted by atomic mass is 9.99. The van der Waals surface area contributed by atoms with Crippen LogP contribution >= 0.6 is 0 Å². The Hall–Kier alpha value is -3.68. The summed E-state index contributed by atoms with van der Waals surface area (Å²) in [5, 5.41) is 57.0. The number of aliphatic hydroxyl groups is 5. The predicted octanol–water partition coefficient (Wildman–Crippen LogP) is 16.4. The molecular weight excluding hydrogens is 1030 g/mol. The second-order valence-electron chi connectivity index (χ2n) is 22.5. The minimum Gasteiger partial charge on any atom is -0.454 e. The molecule has 1 aliphatic heterocycles. The Morgan fingerprint density at radius 2 is 0.878 bits per heavy atom. The number of hydrogen-bond donors (Lipinski definition) is 6. The van der Waals surface area contributed by atoms with Crippen molar-refractivity contribution in [1.82, 2.24) is 5.32 Å². The molecule has 82 heavy (non-hydrogen) atoms. The number of esters is 1. The molecular formula is C71H121NO10. The van der Waals surface area contributed by atoms with Gasteiger partial charge in [0.2, 0.25) is 5.91 Å². The molecule has 1 aliphatic rings. The highest BCUT2D eigenvalue weighted by Crippen LogP contribution is 2.26. The van der Waals surface area contributed by atoms with Crippen LogP contribution in [0.2, 0.25) is 0 Å². The molecule has 11 heteroatoms. The Labute approximate surface area is 500 Å². The lowest BCUT2D eigenvalue weighted by Crippen LogP contribution is -2.61. The van der Waals surface area contributed by atoms with Gasteiger partial charge in [-0.15, -0.1) is 0 Å². The number of unbranched alkanes of at least 4 members (excludes halogenated alkanes) is 25. The van der Waals surface area contributed by atoms with Crippen LogP contribution in [0.3, 0.4) is 0 Å². The van der Waals surface area contributed by atoms with Crippen molar-refractivity contribution < 1.29 is 49.3 Å². The quantitative estimate of drug-likeness (QED) is 0.0195. The molecule has 6 N–H and O–H groups in total.